The van der Waals surface area contributed by atoms with E-state index in [0.717, 1.165) is 5.56 Å². The molecule has 0 aliphatic heterocycles. The van der Waals surface area contributed by atoms with E-state index in [9.17, 15) is 14.9 Å². The molecular formula is C22H19ClN2O5. The van der Waals surface area contributed by atoms with Crippen molar-refractivity contribution in [2.45, 2.75) is 6.54 Å². The summed E-state index contributed by atoms with van der Waals surface area (Å²) in [5.74, 6) is 0.969. The van der Waals surface area contributed by atoms with Crippen LogP contribution in [0.5, 0.6) is 17.2 Å². The van der Waals surface area contributed by atoms with Crippen LogP contribution in [0.3, 0.4) is 0 Å². The van der Waals surface area contributed by atoms with Crippen molar-refractivity contribution in [1.82, 2.24) is 4.90 Å². The Hall–Kier alpha value is -3.58. The number of hydrogen-bond acceptors (Lipinski definition) is 5. The van der Waals surface area contributed by atoms with Gasteiger partial charge in [-0.3, -0.25) is 14.9 Å². The zero-order valence-corrected chi connectivity index (χ0v) is 17.1. The number of rotatable bonds is 7. The van der Waals surface area contributed by atoms with E-state index < -0.39 is 4.92 Å². The standard InChI is InChI=1S/C22H19ClN2O5/c1-24(14-16-5-3-4-6-20(16)29-2)22(26)15-7-10-18(11-8-15)30-21-12-9-17(23)13-19(21)25(27)28/h3-13H,14H2,1-2H3. The van der Waals surface area contributed by atoms with E-state index in [-0.39, 0.29) is 22.4 Å². The van der Waals surface area contributed by atoms with Gasteiger partial charge in [-0.2, -0.15) is 0 Å². The Kier molecular flexibility index (Phi) is 6.54. The summed E-state index contributed by atoms with van der Waals surface area (Å²) in [7, 11) is 3.29. The van der Waals surface area contributed by atoms with Gasteiger partial charge in [-0.1, -0.05) is 29.8 Å². The van der Waals surface area contributed by atoms with Crippen LogP contribution in [0.2, 0.25) is 5.02 Å². The first kappa shape index (κ1) is 21.1. The number of carbonyl (C=O) groups is 1. The van der Waals surface area contributed by atoms with Gasteiger partial charge in [-0.15, -0.1) is 0 Å². The number of ether oxygens (including phenoxy) is 2. The summed E-state index contributed by atoms with van der Waals surface area (Å²) in [5, 5.41) is 11.4. The Labute approximate surface area is 178 Å². The molecule has 0 fully saturated rings. The molecule has 0 bridgehead atoms. The van der Waals surface area contributed by atoms with Crippen molar-refractivity contribution in [3.63, 3.8) is 0 Å². The van der Waals surface area contributed by atoms with Crippen molar-refractivity contribution in [3.05, 3.63) is 93.0 Å². The number of hydrogen-bond donors (Lipinski definition) is 0. The Balaban J connectivity index is 1.72. The van der Waals surface area contributed by atoms with Crippen molar-refractivity contribution in [3.8, 4) is 17.2 Å². The molecule has 0 atom stereocenters. The highest BCUT2D eigenvalue weighted by Crippen LogP contribution is 2.33. The van der Waals surface area contributed by atoms with Gasteiger partial charge in [0.1, 0.15) is 11.5 Å². The fraction of sp³-hybridized carbons (Fsp3) is 0.136. The first-order valence-corrected chi connectivity index (χ1v) is 9.36. The monoisotopic (exact) mass is 426 g/mol. The summed E-state index contributed by atoms with van der Waals surface area (Å²) in [6.07, 6.45) is 0. The quantitative estimate of drug-likeness (QED) is 0.377. The van der Waals surface area contributed by atoms with Crippen molar-refractivity contribution in [2.75, 3.05) is 14.2 Å². The van der Waals surface area contributed by atoms with Gasteiger partial charge < -0.3 is 14.4 Å². The summed E-state index contributed by atoms with van der Waals surface area (Å²) in [5.41, 5.74) is 1.12. The Morgan fingerprint density at radius 1 is 1.07 bits per heavy atom. The summed E-state index contributed by atoms with van der Waals surface area (Å²) < 4.78 is 10.9. The van der Waals surface area contributed by atoms with Gasteiger partial charge >= 0.3 is 5.69 Å². The average molecular weight is 427 g/mol. The van der Waals surface area contributed by atoms with Gasteiger partial charge in [0.15, 0.2) is 0 Å². The van der Waals surface area contributed by atoms with Gasteiger partial charge in [0.25, 0.3) is 5.91 Å². The van der Waals surface area contributed by atoms with Gasteiger partial charge in [0.2, 0.25) is 5.75 Å². The van der Waals surface area contributed by atoms with Crippen molar-refractivity contribution >= 4 is 23.2 Å². The molecule has 0 unspecified atom stereocenters. The number of nitro benzene ring substituents is 1. The van der Waals surface area contributed by atoms with Crippen molar-refractivity contribution in [1.29, 1.82) is 0 Å². The molecule has 8 heteroatoms. The fourth-order valence-corrected chi connectivity index (χ4v) is 3.06. The predicted molar refractivity (Wildman–Crippen MR) is 113 cm³/mol. The SMILES string of the molecule is COc1ccccc1CN(C)C(=O)c1ccc(Oc2ccc(Cl)cc2[N+](=O)[O-])cc1. The number of halogens is 1. The maximum Gasteiger partial charge on any atom is 0.313 e. The van der Waals surface area contributed by atoms with E-state index in [1.54, 1.807) is 43.3 Å². The molecule has 3 aromatic carbocycles. The number of nitro groups is 1. The molecular weight excluding hydrogens is 408 g/mol. The zero-order chi connectivity index (χ0) is 21.7. The molecule has 0 saturated carbocycles. The van der Waals surface area contributed by atoms with Crippen molar-refractivity contribution in [2.24, 2.45) is 0 Å². The highest BCUT2D eigenvalue weighted by atomic mass is 35.5. The Morgan fingerprint density at radius 3 is 2.43 bits per heavy atom. The molecule has 154 valence electrons. The van der Waals surface area contributed by atoms with Crippen LogP contribution in [0.1, 0.15) is 15.9 Å². The van der Waals surface area contributed by atoms with Crippen LogP contribution < -0.4 is 9.47 Å². The second kappa shape index (κ2) is 9.28. The average Bonchev–Trinajstić information content (AvgIpc) is 2.75. The second-order valence-corrected chi connectivity index (χ2v) is 6.91. The van der Waals surface area contributed by atoms with E-state index in [0.29, 0.717) is 23.6 Å². The largest absolute Gasteiger partial charge is 0.496 e. The molecule has 0 aromatic heterocycles. The fourth-order valence-electron chi connectivity index (χ4n) is 2.89. The normalized spacial score (nSPS) is 10.4. The van der Waals surface area contributed by atoms with Gasteiger partial charge in [-0.05, 0) is 42.5 Å². The smallest absolute Gasteiger partial charge is 0.313 e. The zero-order valence-electron chi connectivity index (χ0n) is 16.4. The number of carbonyl (C=O) groups excluding carboxylic acids is 1. The number of benzene rings is 3. The Morgan fingerprint density at radius 2 is 1.77 bits per heavy atom. The third-order valence-electron chi connectivity index (χ3n) is 4.39. The molecule has 1 amide bonds. The minimum Gasteiger partial charge on any atom is -0.496 e. The number of methoxy groups -OCH3 is 1. The molecule has 0 radical (unpaired) electrons. The number of nitrogens with zero attached hydrogens (tertiary/aromatic N) is 2. The topological polar surface area (TPSA) is 81.9 Å². The summed E-state index contributed by atoms with van der Waals surface area (Å²) >= 11 is 5.82. The van der Waals surface area contributed by atoms with Crippen LogP contribution in [0.4, 0.5) is 5.69 Å². The molecule has 3 aromatic rings. The highest BCUT2D eigenvalue weighted by molar-refractivity contribution is 6.30. The van der Waals surface area contributed by atoms with Crippen molar-refractivity contribution < 1.29 is 19.2 Å². The van der Waals surface area contributed by atoms with E-state index in [1.165, 1.54) is 18.2 Å². The maximum absolute atomic E-state index is 12.7. The third-order valence-corrected chi connectivity index (χ3v) is 4.63. The van der Waals surface area contributed by atoms with Crippen LogP contribution in [0.25, 0.3) is 0 Å². The lowest BCUT2D eigenvalue weighted by atomic mass is 10.1. The lowest BCUT2D eigenvalue weighted by Gasteiger charge is -2.19. The van der Waals surface area contributed by atoms with Gasteiger partial charge in [-0.25, -0.2) is 0 Å². The van der Waals surface area contributed by atoms with Crippen LogP contribution >= 0.6 is 11.6 Å². The first-order valence-electron chi connectivity index (χ1n) is 8.98. The summed E-state index contributed by atoms with van der Waals surface area (Å²) in [6.45, 7) is 0.387. The summed E-state index contributed by atoms with van der Waals surface area (Å²) in [4.78, 5) is 24.9. The minimum absolute atomic E-state index is 0.0665. The van der Waals surface area contributed by atoms with Gasteiger partial charge in [0, 0.05) is 35.8 Å². The molecule has 0 saturated heterocycles. The van der Waals surface area contributed by atoms with Crippen LogP contribution in [-0.2, 0) is 6.54 Å². The van der Waals surface area contributed by atoms with E-state index >= 15 is 0 Å². The van der Waals surface area contributed by atoms with E-state index in [4.69, 9.17) is 21.1 Å². The molecule has 0 spiro atoms. The number of amides is 1. The lowest BCUT2D eigenvalue weighted by molar-refractivity contribution is -0.385. The maximum atomic E-state index is 12.7. The Bertz CT molecular complexity index is 1070. The highest BCUT2D eigenvalue weighted by Gasteiger charge is 2.18. The van der Waals surface area contributed by atoms with Gasteiger partial charge in [0.05, 0.1) is 12.0 Å². The predicted octanol–water partition coefficient (Wildman–Crippen LogP) is 5.32. The molecule has 0 N–H and O–H groups in total. The number of para-hydroxylation sites is 1. The third kappa shape index (κ3) is 4.87. The molecule has 3 rings (SSSR count). The molecule has 7 nitrogen and oxygen atoms in total. The van der Waals surface area contributed by atoms with E-state index in [1.807, 2.05) is 24.3 Å². The van der Waals surface area contributed by atoms with Crippen LogP contribution in [-0.4, -0.2) is 29.9 Å². The molecule has 30 heavy (non-hydrogen) atoms. The second-order valence-electron chi connectivity index (χ2n) is 6.47. The minimum atomic E-state index is -0.564. The molecule has 0 heterocycles. The van der Waals surface area contributed by atoms with E-state index in [2.05, 4.69) is 0 Å². The molecule has 0 aliphatic carbocycles. The first-order chi connectivity index (χ1) is 14.4. The summed E-state index contributed by atoms with van der Waals surface area (Å²) in [6, 6.07) is 18.1. The van der Waals surface area contributed by atoms with Crippen LogP contribution in [0.15, 0.2) is 66.7 Å². The van der Waals surface area contributed by atoms with Crippen LogP contribution in [0, 0.1) is 10.1 Å². The lowest BCUT2D eigenvalue weighted by Crippen LogP contribution is -2.26. The molecule has 0 aliphatic rings.